The third-order valence-electron chi connectivity index (χ3n) is 4.41. The zero-order valence-electron chi connectivity index (χ0n) is 14.0. The summed E-state index contributed by atoms with van der Waals surface area (Å²) in [5.41, 5.74) is 2.69. The van der Waals surface area contributed by atoms with Gasteiger partial charge in [0.05, 0.1) is 14.2 Å². The maximum Gasteiger partial charge on any atom is 0.119 e. The van der Waals surface area contributed by atoms with Crippen LogP contribution in [-0.4, -0.2) is 14.2 Å². The monoisotopic (exact) mass is 298 g/mol. The van der Waals surface area contributed by atoms with E-state index in [2.05, 4.69) is 50.2 Å². The molecule has 0 spiro atoms. The van der Waals surface area contributed by atoms with Crippen molar-refractivity contribution in [1.82, 2.24) is 0 Å². The van der Waals surface area contributed by atoms with E-state index in [0.717, 1.165) is 24.3 Å². The van der Waals surface area contributed by atoms with Crippen LogP contribution < -0.4 is 9.47 Å². The smallest absolute Gasteiger partial charge is 0.119 e. The van der Waals surface area contributed by atoms with Crippen LogP contribution in [0.15, 0.2) is 48.5 Å². The highest BCUT2D eigenvalue weighted by atomic mass is 16.5. The highest BCUT2D eigenvalue weighted by Gasteiger charge is 2.22. The SMILES string of the molecule is CCC(c1cccc(OC)c1)C(CC)c1cccc(OC)c1. The number of methoxy groups -OCH3 is 2. The van der Waals surface area contributed by atoms with Crippen molar-refractivity contribution in [1.29, 1.82) is 0 Å². The van der Waals surface area contributed by atoms with E-state index in [-0.39, 0.29) is 0 Å². The number of hydrogen-bond acceptors (Lipinski definition) is 2. The van der Waals surface area contributed by atoms with Crippen LogP contribution >= 0.6 is 0 Å². The van der Waals surface area contributed by atoms with Crippen molar-refractivity contribution in [3.63, 3.8) is 0 Å². The molecule has 0 aliphatic heterocycles. The van der Waals surface area contributed by atoms with E-state index in [4.69, 9.17) is 9.47 Å². The average Bonchev–Trinajstić information content (AvgIpc) is 2.59. The number of hydrogen-bond donors (Lipinski definition) is 0. The summed E-state index contributed by atoms with van der Waals surface area (Å²) >= 11 is 0. The minimum atomic E-state index is 0.479. The van der Waals surface area contributed by atoms with Crippen LogP contribution in [0.4, 0.5) is 0 Å². The fraction of sp³-hybridized carbons (Fsp3) is 0.400. The molecule has 2 atom stereocenters. The molecule has 2 aromatic carbocycles. The molecule has 0 heterocycles. The molecular formula is C20H26O2. The first-order valence-corrected chi connectivity index (χ1v) is 8.01. The Morgan fingerprint density at radius 1 is 0.727 bits per heavy atom. The Bertz CT molecular complexity index is 538. The zero-order valence-corrected chi connectivity index (χ0v) is 14.0. The molecule has 0 aliphatic carbocycles. The van der Waals surface area contributed by atoms with Gasteiger partial charge in [0, 0.05) is 0 Å². The second kappa shape index (κ2) is 7.88. The zero-order chi connectivity index (χ0) is 15.9. The van der Waals surface area contributed by atoms with E-state index >= 15 is 0 Å². The molecule has 2 heteroatoms. The van der Waals surface area contributed by atoms with Gasteiger partial charge < -0.3 is 9.47 Å². The maximum atomic E-state index is 5.39. The van der Waals surface area contributed by atoms with E-state index in [1.807, 2.05) is 12.1 Å². The Morgan fingerprint density at radius 2 is 1.14 bits per heavy atom. The van der Waals surface area contributed by atoms with Crippen molar-refractivity contribution >= 4 is 0 Å². The lowest BCUT2D eigenvalue weighted by Gasteiger charge is -2.27. The van der Waals surface area contributed by atoms with Crippen LogP contribution in [0.25, 0.3) is 0 Å². The molecule has 2 aromatic rings. The quantitative estimate of drug-likeness (QED) is 0.682. The van der Waals surface area contributed by atoms with Gasteiger partial charge in [0.1, 0.15) is 11.5 Å². The van der Waals surface area contributed by atoms with Crippen molar-refractivity contribution in [2.24, 2.45) is 0 Å². The molecule has 0 saturated carbocycles. The molecule has 0 saturated heterocycles. The van der Waals surface area contributed by atoms with Crippen molar-refractivity contribution in [2.75, 3.05) is 14.2 Å². The van der Waals surface area contributed by atoms with Gasteiger partial charge in [-0.15, -0.1) is 0 Å². The van der Waals surface area contributed by atoms with E-state index in [1.54, 1.807) is 14.2 Å². The van der Waals surface area contributed by atoms with Crippen molar-refractivity contribution in [3.8, 4) is 11.5 Å². The molecule has 0 amide bonds. The lowest BCUT2D eigenvalue weighted by Crippen LogP contribution is -2.10. The summed E-state index contributed by atoms with van der Waals surface area (Å²) in [4.78, 5) is 0. The second-order valence-electron chi connectivity index (χ2n) is 5.58. The first-order chi connectivity index (χ1) is 10.7. The molecule has 2 rings (SSSR count). The highest BCUT2D eigenvalue weighted by molar-refractivity contribution is 5.36. The Kier molecular flexibility index (Phi) is 5.88. The Labute approximate surface area is 134 Å². The minimum absolute atomic E-state index is 0.479. The Hall–Kier alpha value is -1.96. The van der Waals surface area contributed by atoms with Crippen LogP contribution in [0, 0.1) is 0 Å². The lowest BCUT2D eigenvalue weighted by atomic mass is 9.78. The summed E-state index contributed by atoms with van der Waals surface area (Å²) in [5.74, 6) is 2.81. The van der Waals surface area contributed by atoms with Gasteiger partial charge in [-0.05, 0) is 60.1 Å². The number of rotatable bonds is 7. The van der Waals surface area contributed by atoms with Crippen molar-refractivity contribution in [2.45, 2.75) is 38.5 Å². The van der Waals surface area contributed by atoms with Crippen LogP contribution in [0.5, 0.6) is 11.5 Å². The van der Waals surface area contributed by atoms with Gasteiger partial charge in [-0.1, -0.05) is 38.1 Å². The number of benzene rings is 2. The van der Waals surface area contributed by atoms with E-state index in [1.165, 1.54) is 11.1 Å². The number of ether oxygens (including phenoxy) is 2. The van der Waals surface area contributed by atoms with Gasteiger partial charge in [-0.25, -0.2) is 0 Å². The fourth-order valence-electron chi connectivity index (χ4n) is 3.25. The Balaban J connectivity index is 2.37. The van der Waals surface area contributed by atoms with E-state index < -0.39 is 0 Å². The van der Waals surface area contributed by atoms with Gasteiger partial charge in [-0.2, -0.15) is 0 Å². The van der Waals surface area contributed by atoms with Crippen LogP contribution in [-0.2, 0) is 0 Å². The average molecular weight is 298 g/mol. The normalized spacial score (nSPS) is 13.5. The summed E-state index contributed by atoms with van der Waals surface area (Å²) in [6, 6.07) is 16.9. The predicted molar refractivity (Wildman–Crippen MR) is 92.1 cm³/mol. The standard InChI is InChI=1S/C20H26O2/c1-5-19(15-9-7-11-17(13-15)21-3)20(6-2)16-10-8-12-18(14-16)22-4/h7-14,19-20H,5-6H2,1-4H3. The van der Waals surface area contributed by atoms with Crippen molar-refractivity contribution < 1.29 is 9.47 Å². The summed E-state index contributed by atoms with van der Waals surface area (Å²) in [6.45, 7) is 4.51. The molecule has 0 fully saturated rings. The molecule has 22 heavy (non-hydrogen) atoms. The molecule has 2 unspecified atom stereocenters. The minimum Gasteiger partial charge on any atom is -0.497 e. The van der Waals surface area contributed by atoms with Crippen LogP contribution in [0.2, 0.25) is 0 Å². The molecular weight excluding hydrogens is 272 g/mol. The van der Waals surface area contributed by atoms with E-state index in [9.17, 15) is 0 Å². The molecule has 0 bridgehead atoms. The largest absolute Gasteiger partial charge is 0.497 e. The summed E-state index contributed by atoms with van der Waals surface area (Å²) < 4.78 is 10.8. The van der Waals surface area contributed by atoms with Gasteiger partial charge in [-0.3, -0.25) is 0 Å². The third kappa shape index (κ3) is 3.62. The predicted octanol–water partition coefficient (Wildman–Crippen LogP) is 5.39. The molecule has 0 N–H and O–H groups in total. The van der Waals surface area contributed by atoms with Gasteiger partial charge in [0.2, 0.25) is 0 Å². The van der Waals surface area contributed by atoms with Gasteiger partial charge in [0.25, 0.3) is 0 Å². The fourth-order valence-corrected chi connectivity index (χ4v) is 3.25. The third-order valence-corrected chi connectivity index (χ3v) is 4.41. The summed E-state index contributed by atoms with van der Waals surface area (Å²) in [6.07, 6.45) is 2.20. The van der Waals surface area contributed by atoms with Gasteiger partial charge >= 0.3 is 0 Å². The topological polar surface area (TPSA) is 18.5 Å². The van der Waals surface area contributed by atoms with E-state index in [0.29, 0.717) is 11.8 Å². The van der Waals surface area contributed by atoms with Crippen LogP contribution in [0.3, 0.4) is 0 Å². The van der Waals surface area contributed by atoms with Gasteiger partial charge in [0.15, 0.2) is 0 Å². The molecule has 0 aliphatic rings. The van der Waals surface area contributed by atoms with Crippen molar-refractivity contribution in [3.05, 3.63) is 59.7 Å². The Morgan fingerprint density at radius 3 is 1.45 bits per heavy atom. The molecule has 0 radical (unpaired) electrons. The summed E-state index contributed by atoms with van der Waals surface area (Å²) in [5, 5.41) is 0. The first-order valence-electron chi connectivity index (χ1n) is 8.01. The highest BCUT2D eigenvalue weighted by Crippen LogP contribution is 2.39. The lowest BCUT2D eigenvalue weighted by molar-refractivity contribution is 0.410. The molecule has 118 valence electrons. The summed E-state index contributed by atoms with van der Waals surface area (Å²) in [7, 11) is 3.44. The molecule has 2 nitrogen and oxygen atoms in total. The molecule has 0 aromatic heterocycles. The second-order valence-corrected chi connectivity index (χ2v) is 5.58. The first kappa shape index (κ1) is 16.4. The maximum absolute atomic E-state index is 5.39. The van der Waals surface area contributed by atoms with Crippen LogP contribution in [0.1, 0.15) is 49.7 Å².